The van der Waals surface area contributed by atoms with Crippen LogP contribution in [-0.4, -0.2) is 31.8 Å². The normalized spacial score (nSPS) is 11.5. The number of hydrogen-bond donors (Lipinski definition) is 1. The van der Waals surface area contributed by atoms with E-state index in [2.05, 4.69) is 11.9 Å². The number of para-hydroxylation sites is 2. The van der Waals surface area contributed by atoms with Crippen LogP contribution in [0.5, 0.6) is 5.75 Å². The van der Waals surface area contributed by atoms with Gasteiger partial charge < -0.3 is 10.1 Å². The zero-order valence-electron chi connectivity index (χ0n) is 20.5. The SMILES string of the molecule is C=C(/C=C/S(C)(=O)=O)N(c1nc(NCc2ccccc2)c2cccc(OC)c2n1)c1ccccc1C. The summed E-state index contributed by atoms with van der Waals surface area (Å²) in [5, 5.41) is 5.36. The number of fused-ring (bicyclic) bond motifs is 1. The highest BCUT2D eigenvalue weighted by atomic mass is 32.2. The van der Waals surface area contributed by atoms with Crippen molar-refractivity contribution in [2.24, 2.45) is 0 Å². The molecule has 1 aromatic heterocycles. The molecule has 0 bridgehead atoms. The van der Waals surface area contributed by atoms with Crippen molar-refractivity contribution in [2.45, 2.75) is 13.5 Å². The molecule has 0 aliphatic carbocycles. The lowest BCUT2D eigenvalue weighted by atomic mass is 10.1. The Morgan fingerprint density at radius 1 is 1.03 bits per heavy atom. The van der Waals surface area contributed by atoms with Crippen LogP contribution in [0, 0.1) is 6.92 Å². The molecule has 0 radical (unpaired) electrons. The number of anilines is 3. The van der Waals surface area contributed by atoms with Gasteiger partial charge in [0.2, 0.25) is 5.95 Å². The summed E-state index contributed by atoms with van der Waals surface area (Å²) in [4.78, 5) is 11.5. The van der Waals surface area contributed by atoms with Gasteiger partial charge in [0.15, 0.2) is 9.84 Å². The van der Waals surface area contributed by atoms with Crippen LogP contribution < -0.4 is 15.0 Å². The molecular weight excluding hydrogens is 472 g/mol. The van der Waals surface area contributed by atoms with E-state index in [1.807, 2.05) is 79.7 Å². The molecule has 184 valence electrons. The lowest BCUT2D eigenvalue weighted by Gasteiger charge is -2.26. The first-order chi connectivity index (χ1) is 17.3. The van der Waals surface area contributed by atoms with E-state index in [0.29, 0.717) is 35.3 Å². The van der Waals surface area contributed by atoms with E-state index >= 15 is 0 Å². The number of benzene rings is 3. The van der Waals surface area contributed by atoms with Crippen LogP contribution in [0.4, 0.5) is 17.5 Å². The van der Waals surface area contributed by atoms with E-state index < -0.39 is 9.84 Å². The van der Waals surface area contributed by atoms with Gasteiger partial charge in [-0.2, -0.15) is 4.98 Å². The number of methoxy groups -OCH3 is 1. The van der Waals surface area contributed by atoms with Crippen molar-refractivity contribution in [3.05, 3.63) is 108 Å². The van der Waals surface area contributed by atoms with Crippen molar-refractivity contribution in [2.75, 3.05) is 23.6 Å². The Labute approximate surface area is 211 Å². The monoisotopic (exact) mass is 500 g/mol. The van der Waals surface area contributed by atoms with E-state index in [0.717, 1.165) is 33.9 Å². The Morgan fingerprint density at radius 2 is 1.75 bits per heavy atom. The number of aromatic nitrogens is 2. The summed E-state index contributed by atoms with van der Waals surface area (Å²) in [5.41, 5.74) is 3.86. The Morgan fingerprint density at radius 3 is 2.44 bits per heavy atom. The van der Waals surface area contributed by atoms with Gasteiger partial charge in [-0.05, 0) is 42.3 Å². The molecule has 7 nitrogen and oxygen atoms in total. The minimum Gasteiger partial charge on any atom is -0.494 e. The van der Waals surface area contributed by atoms with Crippen molar-refractivity contribution in [3.8, 4) is 5.75 Å². The van der Waals surface area contributed by atoms with Gasteiger partial charge in [-0.15, -0.1) is 0 Å². The predicted molar refractivity (Wildman–Crippen MR) is 146 cm³/mol. The highest BCUT2D eigenvalue weighted by Crippen LogP contribution is 2.35. The van der Waals surface area contributed by atoms with Crippen molar-refractivity contribution in [1.82, 2.24) is 9.97 Å². The molecule has 0 fully saturated rings. The molecule has 0 saturated heterocycles. The summed E-state index contributed by atoms with van der Waals surface area (Å²) in [6, 6.07) is 23.4. The van der Waals surface area contributed by atoms with Crippen molar-refractivity contribution in [1.29, 1.82) is 0 Å². The molecule has 0 atom stereocenters. The van der Waals surface area contributed by atoms with Gasteiger partial charge in [0.25, 0.3) is 0 Å². The minimum absolute atomic E-state index is 0.333. The van der Waals surface area contributed by atoms with Crippen LogP contribution in [0.25, 0.3) is 10.9 Å². The van der Waals surface area contributed by atoms with Gasteiger partial charge in [0, 0.05) is 29.3 Å². The number of nitrogens with one attached hydrogen (secondary N) is 1. The molecule has 4 aromatic rings. The minimum atomic E-state index is -3.36. The summed E-state index contributed by atoms with van der Waals surface area (Å²) in [6.45, 7) is 6.66. The molecule has 0 saturated carbocycles. The summed E-state index contributed by atoms with van der Waals surface area (Å²) < 4.78 is 29.3. The van der Waals surface area contributed by atoms with Crippen LogP contribution in [0.15, 0.2) is 96.6 Å². The second-order valence-corrected chi connectivity index (χ2v) is 10.2. The van der Waals surface area contributed by atoms with Crippen LogP contribution in [0.2, 0.25) is 0 Å². The van der Waals surface area contributed by atoms with Gasteiger partial charge >= 0.3 is 0 Å². The van der Waals surface area contributed by atoms with E-state index in [-0.39, 0.29) is 0 Å². The molecule has 1 heterocycles. The molecule has 0 spiro atoms. The number of allylic oxidation sites excluding steroid dienone is 1. The number of hydrogen-bond acceptors (Lipinski definition) is 7. The highest BCUT2D eigenvalue weighted by molar-refractivity contribution is 7.93. The van der Waals surface area contributed by atoms with Crippen LogP contribution >= 0.6 is 0 Å². The first kappa shape index (κ1) is 24.9. The van der Waals surface area contributed by atoms with Gasteiger partial charge in [0.05, 0.1) is 12.8 Å². The number of sulfone groups is 1. The first-order valence-corrected chi connectivity index (χ1v) is 13.3. The third-order valence-electron chi connectivity index (χ3n) is 5.55. The fourth-order valence-electron chi connectivity index (χ4n) is 3.78. The molecule has 8 heteroatoms. The van der Waals surface area contributed by atoms with Crippen molar-refractivity contribution >= 4 is 38.2 Å². The predicted octanol–water partition coefficient (Wildman–Crippen LogP) is 5.77. The number of nitrogens with zero attached hydrogens (tertiary/aromatic N) is 3. The number of ether oxygens (including phenoxy) is 1. The van der Waals surface area contributed by atoms with E-state index in [9.17, 15) is 8.42 Å². The van der Waals surface area contributed by atoms with Crippen LogP contribution in [0.3, 0.4) is 0 Å². The van der Waals surface area contributed by atoms with Crippen LogP contribution in [-0.2, 0) is 16.4 Å². The molecule has 0 amide bonds. The first-order valence-electron chi connectivity index (χ1n) is 11.3. The fraction of sp³-hybridized carbons (Fsp3) is 0.143. The molecular formula is C28H28N4O3S. The zero-order chi connectivity index (χ0) is 25.7. The highest BCUT2D eigenvalue weighted by Gasteiger charge is 2.20. The third-order valence-corrected chi connectivity index (χ3v) is 6.18. The fourth-order valence-corrected chi connectivity index (χ4v) is 4.18. The summed E-state index contributed by atoms with van der Waals surface area (Å²) in [5.74, 6) is 1.55. The molecule has 0 aliphatic heterocycles. The summed E-state index contributed by atoms with van der Waals surface area (Å²) in [6.07, 6.45) is 2.59. The zero-order valence-corrected chi connectivity index (χ0v) is 21.3. The van der Waals surface area contributed by atoms with Gasteiger partial charge in [-0.3, -0.25) is 4.90 Å². The van der Waals surface area contributed by atoms with Crippen molar-refractivity contribution < 1.29 is 13.2 Å². The van der Waals surface area contributed by atoms with E-state index in [4.69, 9.17) is 14.7 Å². The Bertz CT molecular complexity index is 1530. The van der Waals surface area contributed by atoms with Gasteiger partial charge in [0.1, 0.15) is 17.1 Å². The Balaban J connectivity index is 1.90. The second-order valence-electron chi connectivity index (χ2n) is 8.31. The average Bonchev–Trinajstić information content (AvgIpc) is 2.87. The van der Waals surface area contributed by atoms with Crippen molar-refractivity contribution in [3.63, 3.8) is 0 Å². The molecule has 0 unspecified atom stereocenters. The quantitative estimate of drug-likeness (QED) is 0.292. The Hall–Kier alpha value is -4.17. The maximum absolute atomic E-state index is 11.8. The largest absolute Gasteiger partial charge is 0.494 e. The maximum atomic E-state index is 11.8. The molecule has 1 N–H and O–H groups in total. The third kappa shape index (κ3) is 5.72. The molecule has 4 rings (SSSR count). The van der Waals surface area contributed by atoms with Gasteiger partial charge in [-0.1, -0.05) is 61.2 Å². The maximum Gasteiger partial charge on any atom is 0.237 e. The topological polar surface area (TPSA) is 84.4 Å². The lowest BCUT2D eigenvalue weighted by Crippen LogP contribution is -2.19. The molecule has 3 aromatic carbocycles. The standard InChI is InChI=1S/C28H28N4O3S/c1-20-11-8-9-15-24(20)32(21(2)17-18-36(4,33)34)28-30-26-23(14-10-16-25(26)35-3)27(31-28)29-19-22-12-6-5-7-13-22/h5-18H,2,19H2,1,3-4H3,(H,29,30,31)/b18-17+. The van der Waals surface area contributed by atoms with Gasteiger partial charge in [-0.25, -0.2) is 13.4 Å². The number of rotatable bonds is 9. The average molecular weight is 501 g/mol. The second kappa shape index (κ2) is 10.6. The molecule has 0 aliphatic rings. The molecule has 36 heavy (non-hydrogen) atoms. The van der Waals surface area contributed by atoms with Crippen LogP contribution in [0.1, 0.15) is 11.1 Å². The summed E-state index contributed by atoms with van der Waals surface area (Å²) in [7, 11) is -1.76. The Kier molecular flexibility index (Phi) is 7.36. The number of aryl methyl sites for hydroxylation is 1. The van der Waals surface area contributed by atoms with E-state index in [1.165, 1.54) is 6.08 Å². The smallest absolute Gasteiger partial charge is 0.237 e. The van der Waals surface area contributed by atoms with E-state index in [1.54, 1.807) is 12.0 Å². The lowest BCUT2D eigenvalue weighted by molar-refractivity contribution is 0.419. The summed E-state index contributed by atoms with van der Waals surface area (Å²) >= 11 is 0.